The molecule has 0 spiro atoms. The number of hydrogen-bond donors (Lipinski definition) is 1. The van der Waals surface area contributed by atoms with Crippen LogP contribution in [0, 0.1) is 30.6 Å². The second kappa shape index (κ2) is 9.64. The van der Waals surface area contributed by atoms with E-state index in [0.29, 0.717) is 5.56 Å². The van der Waals surface area contributed by atoms with E-state index >= 15 is 0 Å². The van der Waals surface area contributed by atoms with Crippen molar-refractivity contribution < 1.29 is 5.11 Å². The fourth-order valence-corrected chi connectivity index (χ4v) is 4.61. The van der Waals surface area contributed by atoms with Crippen molar-refractivity contribution in [3.63, 3.8) is 0 Å². The molecule has 0 bridgehead atoms. The zero-order valence-electron chi connectivity index (χ0n) is 19.0. The number of imidazole rings is 1. The minimum Gasteiger partial charge on any atom is -0.396 e. The maximum Gasteiger partial charge on any atom is 0.106 e. The Kier molecular flexibility index (Phi) is 6.69. The molecule has 2 aromatic heterocycles. The summed E-state index contributed by atoms with van der Waals surface area (Å²) in [7, 11) is 0. The number of nitrogens with zero attached hydrogens (tertiary/aromatic N) is 5. The fraction of sp³-hybridized carbons (Fsp3) is 0.423. The van der Waals surface area contributed by atoms with Crippen molar-refractivity contribution in [3.05, 3.63) is 82.7 Å². The zero-order chi connectivity index (χ0) is 22.6. The van der Waals surface area contributed by atoms with Gasteiger partial charge in [-0.3, -0.25) is 9.88 Å². The number of likely N-dealkylation sites (tertiary alicyclic amines) is 1. The first-order chi connectivity index (χ1) is 15.5. The molecule has 3 heterocycles. The van der Waals surface area contributed by atoms with Crippen LogP contribution in [0.3, 0.4) is 0 Å². The van der Waals surface area contributed by atoms with Crippen LogP contribution >= 0.6 is 0 Å². The van der Waals surface area contributed by atoms with Crippen LogP contribution in [-0.4, -0.2) is 44.2 Å². The molecule has 166 valence electrons. The third-order valence-electron chi connectivity index (χ3n) is 6.70. The summed E-state index contributed by atoms with van der Waals surface area (Å²) >= 11 is 0. The molecule has 0 aliphatic carbocycles. The molecule has 4 rings (SSSR count). The second-order valence-corrected chi connectivity index (χ2v) is 9.07. The Hall–Kier alpha value is -3.01. The van der Waals surface area contributed by atoms with Gasteiger partial charge in [-0.15, -0.1) is 0 Å². The molecule has 32 heavy (non-hydrogen) atoms. The lowest BCUT2D eigenvalue weighted by Crippen LogP contribution is -2.43. The Labute approximate surface area is 190 Å². The highest BCUT2D eigenvalue weighted by Crippen LogP contribution is 2.35. The molecule has 1 fully saturated rings. The van der Waals surface area contributed by atoms with E-state index < -0.39 is 0 Å². The maximum atomic E-state index is 10.2. The van der Waals surface area contributed by atoms with E-state index in [9.17, 15) is 5.11 Å². The molecule has 3 aromatic rings. The highest BCUT2D eigenvalue weighted by Gasteiger charge is 2.35. The number of piperidine rings is 1. The summed E-state index contributed by atoms with van der Waals surface area (Å²) in [6.07, 6.45) is 4.72. The molecule has 6 nitrogen and oxygen atoms in total. The van der Waals surface area contributed by atoms with E-state index in [4.69, 9.17) is 5.26 Å². The number of aryl methyl sites for hydroxylation is 2. The Morgan fingerprint density at radius 1 is 1.06 bits per heavy atom. The topological polar surface area (TPSA) is 78.0 Å². The van der Waals surface area contributed by atoms with Gasteiger partial charge in [-0.1, -0.05) is 18.2 Å². The molecule has 0 radical (unpaired) electrons. The van der Waals surface area contributed by atoms with Gasteiger partial charge in [0.15, 0.2) is 0 Å². The van der Waals surface area contributed by atoms with E-state index in [1.165, 1.54) is 5.69 Å². The van der Waals surface area contributed by atoms with Crippen LogP contribution in [0.4, 0.5) is 0 Å². The summed E-state index contributed by atoms with van der Waals surface area (Å²) in [5.74, 6) is 0.997. The smallest absolute Gasteiger partial charge is 0.106 e. The number of aromatic nitrogens is 3. The number of nitriles is 1. The molecular formula is C26H31N5O. The summed E-state index contributed by atoms with van der Waals surface area (Å²) in [6.45, 7) is 7.75. The van der Waals surface area contributed by atoms with Crippen LogP contribution in [0.5, 0.6) is 0 Å². The lowest BCUT2D eigenvalue weighted by molar-refractivity contribution is 0.0398. The molecule has 0 saturated carbocycles. The van der Waals surface area contributed by atoms with Gasteiger partial charge in [0.05, 0.1) is 17.3 Å². The van der Waals surface area contributed by atoms with Gasteiger partial charge in [0, 0.05) is 42.7 Å². The number of hydrogen-bond acceptors (Lipinski definition) is 5. The van der Waals surface area contributed by atoms with Crippen molar-refractivity contribution in [1.29, 1.82) is 5.26 Å². The summed E-state index contributed by atoms with van der Waals surface area (Å²) in [4.78, 5) is 11.7. The molecular weight excluding hydrogens is 398 g/mol. The number of benzene rings is 1. The van der Waals surface area contributed by atoms with Crippen LogP contribution in [0.2, 0.25) is 0 Å². The van der Waals surface area contributed by atoms with Gasteiger partial charge in [-0.25, -0.2) is 4.98 Å². The lowest BCUT2D eigenvalue weighted by atomic mass is 9.75. The molecule has 0 unspecified atom stereocenters. The minimum atomic E-state index is -0.0874. The average Bonchev–Trinajstić information content (AvgIpc) is 3.14. The number of aliphatic hydroxyl groups excluding tert-OH is 1. The molecule has 6 heteroatoms. The van der Waals surface area contributed by atoms with E-state index in [2.05, 4.69) is 37.6 Å². The Morgan fingerprint density at radius 3 is 2.47 bits per heavy atom. The first-order valence-corrected chi connectivity index (χ1v) is 11.3. The van der Waals surface area contributed by atoms with Gasteiger partial charge in [0.1, 0.15) is 5.82 Å². The number of aliphatic hydroxyl groups is 1. The largest absolute Gasteiger partial charge is 0.396 e. The SMILES string of the molecule is Cc1cccc(CC2(CO)CCN(Cc3cnc(C)n3Cc3ccc(C#N)cc3)CC2)n1. The van der Waals surface area contributed by atoms with E-state index in [1.54, 1.807) is 0 Å². The first kappa shape index (κ1) is 22.2. The fourth-order valence-electron chi connectivity index (χ4n) is 4.61. The van der Waals surface area contributed by atoms with Crippen LogP contribution < -0.4 is 0 Å². The molecule has 1 N–H and O–H groups in total. The zero-order valence-corrected chi connectivity index (χ0v) is 19.0. The van der Waals surface area contributed by atoms with E-state index in [0.717, 1.165) is 68.2 Å². The molecule has 1 saturated heterocycles. The highest BCUT2D eigenvalue weighted by molar-refractivity contribution is 5.32. The van der Waals surface area contributed by atoms with Crippen molar-refractivity contribution >= 4 is 0 Å². The molecule has 1 aromatic carbocycles. The van der Waals surface area contributed by atoms with Crippen molar-refractivity contribution in [2.24, 2.45) is 5.41 Å². The van der Waals surface area contributed by atoms with Crippen LogP contribution in [0.25, 0.3) is 0 Å². The van der Waals surface area contributed by atoms with E-state index in [1.807, 2.05) is 50.4 Å². The number of rotatable bonds is 7. The van der Waals surface area contributed by atoms with E-state index in [-0.39, 0.29) is 12.0 Å². The summed E-state index contributed by atoms with van der Waals surface area (Å²) in [6, 6.07) is 16.1. The van der Waals surface area contributed by atoms with Gasteiger partial charge in [-0.2, -0.15) is 5.26 Å². The predicted octanol–water partition coefficient (Wildman–Crippen LogP) is 3.63. The van der Waals surface area contributed by atoms with Crippen LogP contribution in [0.15, 0.2) is 48.7 Å². The van der Waals surface area contributed by atoms with Crippen LogP contribution in [0.1, 0.15) is 46.9 Å². The van der Waals surface area contributed by atoms with Crippen molar-refractivity contribution in [2.75, 3.05) is 19.7 Å². The monoisotopic (exact) mass is 429 g/mol. The predicted molar refractivity (Wildman–Crippen MR) is 124 cm³/mol. The van der Waals surface area contributed by atoms with Crippen molar-refractivity contribution in [3.8, 4) is 6.07 Å². The highest BCUT2D eigenvalue weighted by atomic mass is 16.3. The normalized spacial score (nSPS) is 16.1. The summed E-state index contributed by atoms with van der Waals surface area (Å²) in [5.41, 5.74) is 5.05. The third kappa shape index (κ3) is 5.07. The van der Waals surface area contributed by atoms with Crippen LogP contribution in [-0.2, 0) is 19.5 Å². The Balaban J connectivity index is 1.40. The van der Waals surface area contributed by atoms with Gasteiger partial charge in [-0.05, 0) is 76.0 Å². The summed E-state index contributed by atoms with van der Waals surface area (Å²) in [5, 5.41) is 19.2. The maximum absolute atomic E-state index is 10.2. The average molecular weight is 430 g/mol. The molecule has 1 aliphatic heterocycles. The summed E-state index contributed by atoms with van der Waals surface area (Å²) < 4.78 is 2.26. The first-order valence-electron chi connectivity index (χ1n) is 11.3. The number of pyridine rings is 1. The Bertz CT molecular complexity index is 1090. The Morgan fingerprint density at radius 2 is 1.81 bits per heavy atom. The molecule has 1 aliphatic rings. The minimum absolute atomic E-state index is 0.0874. The second-order valence-electron chi connectivity index (χ2n) is 9.07. The quantitative estimate of drug-likeness (QED) is 0.621. The molecule has 0 amide bonds. The van der Waals surface area contributed by atoms with Gasteiger partial charge >= 0.3 is 0 Å². The van der Waals surface area contributed by atoms with Gasteiger partial charge < -0.3 is 9.67 Å². The van der Waals surface area contributed by atoms with Gasteiger partial charge in [0.2, 0.25) is 0 Å². The standard InChI is InChI=1S/C26H31N5O/c1-20-4-3-5-24(29-20)14-26(19-32)10-12-30(13-11-26)18-25-16-28-21(2)31(25)17-23-8-6-22(15-27)7-9-23/h3-9,16,32H,10-14,17-19H2,1-2H3. The third-order valence-corrected chi connectivity index (χ3v) is 6.70. The van der Waals surface area contributed by atoms with Gasteiger partial charge in [0.25, 0.3) is 0 Å². The lowest BCUT2D eigenvalue weighted by Gasteiger charge is -2.40. The molecule has 0 atom stereocenters. The van der Waals surface area contributed by atoms with Crippen molar-refractivity contribution in [2.45, 2.75) is 46.2 Å². The van der Waals surface area contributed by atoms with Crippen molar-refractivity contribution in [1.82, 2.24) is 19.4 Å².